The van der Waals surface area contributed by atoms with Gasteiger partial charge < -0.3 is 5.73 Å². The number of nitriles is 1. The van der Waals surface area contributed by atoms with Crippen LogP contribution in [-0.4, -0.2) is 5.54 Å². The number of hydrogen-bond donors (Lipinski definition) is 1. The lowest BCUT2D eigenvalue weighted by Gasteiger charge is -2.20. The molecule has 2 unspecified atom stereocenters. The zero-order valence-corrected chi connectivity index (χ0v) is 7.52. The Balaban J connectivity index is 2.84. The van der Waals surface area contributed by atoms with E-state index in [4.69, 9.17) is 11.0 Å². The van der Waals surface area contributed by atoms with Crippen LogP contribution in [0.3, 0.4) is 0 Å². The molecule has 0 bridgehead atoms. The summed E-state index contributed by atoms with van der Waals surface area (Å²) in [5, 5.41) is 8.85. The van der Waals surface area contributed by atoms with Gasteiger partial charge in [-0.15, -0.1) is 0 Å². The van der Waals surface area contributed by atoms with Gasteiger partial charge in [-0.1, -0.05) is 20.8 Å². The lowest BCUT2D eigenvalue weighted by molar-refractivity contribution is 0.361. The Morgan fingerprint density at radius 1 is 1.55 bits per heavy atom. The second-order valence-corrected chi connectivity index (χ2v) is 4.60. The van der Waals surface area contributed by atoms with E-state index in [-0.39, 0.29) is 5.41 Å². The van der Waals surface area contributed by atoms with E-state index in [0.717, 1.165) is 12.8 Å². The van der Waals surface area contributed by atoms with Crippen molar-refractivity contribution >= 4 is 0 Å². The molecule has 2 heteroatoms. The summed E-state index contributed by atoms with van der Waals surface area (Å²) in [6.45, 7) is 6.42. The third-order valence-electron chi connectivity index (χ3n) is 2.72. The smallest absolute Gasteiger partial charge is 0.107 e. The zero-order chi connectivity index (χ0) is 8.70. The predicted octanol–water partition coefficient (Wildman–Crippen LogP) is 1.66. The largest absolute Gasteiger partial charge is 0.313 e. The predicted molar refractivity (Wildman–Crippen MR) is 44.7 cm³/mol. The summed E-state index contributed by atoms with van der Waals surface area (Å²) in [5.74, 6) is 0.336. The van der Waals surface area contributed by atoms with Crippen molar-refractivity contribution in [3.63, 3.8) is 0 Å². The number of nitrogens with two attached hydrogens (primary N) is 1. The van der Waals surface area contributed by atoms with Crippen LogP contribution in [0, 0.1) is 22.7 Å². The molecule has 0 heterocycles. The second kappa shape index (κ2) is 2.22. The molecular weight excluding hydrogens is 136 g/mol. The maximum Gasteiger partial charge on any atom is 0.107 e. The highest BCUT2D eigenvalue weighted by atomic mass is 14.8. The Labute approximate surface area is 68.4 Å². The van der Waals surface area contributed by atoms with Gasteiger partial charge in [0.25, 0.3) is 0 Å². The van der Waals surface area contributed by atoms with Crippen molar-refractivity contribution in [1.29, 1.82) is 5.26 Å². The average molecular weight is 152 g/mol. The summed E-state index contributed by atoms with van der Waals surface area (Å²) in [6.07, 6.45) is 1.90. The van der Waals surface area contributed by atoms with Crippen molar-refractivity contribution in [2.75, 3.05) is 0 Å². The summed E-state index contributed by atoms with van der Waals surface area (Å²) in [4.78, 5) is 0. The summed E-state index contributed by atoms with van der Waals surface area (Å²) in [5.41, 5.74) is 5.60. The molecule has 2 N–H and O–H groups in total. The molecule has 0 saturated heterocycles. The minimum absolute atomic E-state index is 0.254. The van der Waals surface area contributed by atoms with Crippen LogP contribution < -0.4 is 5.73 Å². The highest BCUT2D eigenvalue weighted by molar-refractivity contribution is 5.14. The molecule has 11 heavy (non-hydrogen) atoms. The third-order valence-corrected chi connectivity index (χ3v) is 2.72. The minimum atomic E-state index is -0.566. The minimum Gasteiger partial charge on any atom is -0.313 e. The number of hydrogen-bond acceptors (Lipinski definition) is 2. The lowest BCUT2D eigenvalue weighted by Crippen LogP contribution is -2.40. The van der Waals surface area contributed by atoms with Gasteiger partial charge in [-0.25, -0.2) is 0 Å². The average Bonchev–Trinajstić information content (AvgIpc) is 2.03. The molecule has 1 saturated carbocycles. The summed E-state index contributed by atoms with van der Waals surface area (Å²) in [6, 6.07) is 2.22. The van der Waals surface area contributed by atoms with E-state index < -0.39 is 5.54 Å². The Morgan fingerprint density at radius 3 is 2.27 bits per heavy atom. The quantitative estimate of drug-likeness (QED) is 0.574. The first-order chi connectivity index (χ1) is 4.90. The van der Waals surface area contributed by atoms with Crippen molar-refractivity contribution in [2.24, 2.45) is 17.1 Å². The van der Waals surface area contributed by atoms with Crippen molar-refractivity contribution in [3.05, 3.63) is 0 Å². The van der Waals surface area contributed by atoms with E-state index in [1.165, 1.54) is 0 Å². The Kier molecular flexibility index (Phi) is 1.72. The molecule has 0 aromatic heterocycles. The molecule has 62 valence electrons. The number of nitrogens with zero attached hydrogens (tertiary/aromatic N) is 1. The molecule has 2 nitrogen and oxygen atoms in total. The zero-order valence-electron chi connectivity index (χ0n) is 7.52. The SMILES string of the molecule is CC1CC(C)(C)CC1(N)C#N. The maximum absolute atomic E-state index is 8.85. The van der Waals surface area contributed by atoms with Crippen molar-refractivity contribution in [1.82, 2.24) is 0 Å². The summed E-state index contributed by atoms with van der Waals surface area (Å²) < 4.78 is 0. The molecule has 1 aliphatic rings. The van der Waals surface area contributed by atoms with Crippen molar-refractivity contribution in [3.8, 4) is 6.07 Å². The Hall–Kier alpha value is -0.550. The lowest BCUT2D eigenvalue weighted by atomic mass is 9.88. The molecule has 0 aromatic rings. The Morgan fingerprint density at radius 2 is 2.09 bits per heavy atom. The van der Waals surface area contributed by atoms with Crippen LogP contribution in [-0.2, 0) is 0 Å². The standard InChI is InChI=1S/C9H16N2/c1-7-4-8(2,3)5-9(7,11)6-10/h7H,4-5,11H2,1-3H3. The van der Waals surface area contributed by atoms with Gasteiger partial charge in [0.2, 0.25) is 0 Å². The van der Waals surface area contributed by atoms with Crippen LogP contribution in [0.25, 0.3) is 0 Å². The first-order valence-corrected chi connectivity index (χ1v) is 4.10. The molecule has 1 rings (SSSR count). The van der Waals surface area contributed by atoms with Gasteiger partial charge >= 0.3 is 0 Å². The molecule has 0 aromatic carbocycles. The molecule has 1 aliphatic carbocycles. The van der Waals surface area contributed by atoms with E-state index in [2.05, 4.69) is 26.8 Å². The topological polar surface area (TPSA) is 49.8 Å². The van der Waals surface area contributed by atoms with E-state index >= 15 is 0 Å². The summed E-state index contributed by atoms with van der Waals surface area (Å²) in [7, 11) is 0. The molecule has 0 radical (unpaired) electrons. The van der Waals surface area contributed by atoms with E-state index in [1.807, 2.05) is 0 Å². The van der Waals surface area contributed by atoms with Gasteiger partial charge in [0, 0.05) is 0 Å². The highest BCUT2D eigenvalue weighted by Gasteiger charge is 2.46. The van der Waals surface area contributed by atoms with Gasteiger partial charge in [-0.2, -0.15) is 5.26 Å². The van der Waals surface area contributed by atoms with Crippen molar-refractivity contribution < 1.29 is 0 Å². The normalized spacial score (nSPS) is 41.9. The Bertz CT molecular complexity index is 202. The van der Waals surface area contributed by atoms with Gasteiger partial charge in [0.1, 0.15) is 5.54 Å². The van der Waals surface area contributed by atoms with Crippen LogP contribution >= 0.6 is 0 Å². The van der Waals surface area contributed by atoms with E-state index in [1.54, 1.807) is 0 Å². The van der Waals surface area contributed by atoms with Crippen LogP contribution in [0.2, 0.25) is 0 Å². The monoisotopic (exact) mass is 152 g/mol. The van der Waals surface area contributed by atoms with Crippen molar-refractivity contribution in [2.45, 2.75) is 39.2 Å². The fraction of sp³-hybridized carbons (Fsp3) is 0.889. The fourth-order valence-corrected chi connectivity index (χ4v) is 2.20. The maximum atomic E-state index is 8.85. The van der Waals surface area contributed by atoms with Gasteiger partial charge in [0.05, 0.1) is 6.07 Å². The fourth-order valence-electron chi connectivity index (χ4n) is 2.20. The molecule has 0 aliphatic heterocycles. The summed E-state index contributed by atoms with van der Waals surface area (Å²) >= 11 is 0. The highest BCUT2D eigenvalue weighted by Crippen LogP contribution is 2.45. The second-order valence-electron chi connectivity index (χ2n) is 4.60. The van der Waals surface area contributed by atoms with Crippen LogP contribution in [0.4, 0.5) is 0 Å². The van der Waals surface area contributed by atoms with Crippen LogP contribution in [0.5, 0.6) is 0 Å². The molecular formula is C9H16N2. The van der Waals surface area contributed by atoms with Gasteiger partial charge in [-0.3, -0.25) is 0 Å². The third kappa shape index (κ3) is 1.39. The molecule has 0 spiro atoms. The van der Waals surface area contributed by atoms with E-state index in [0.29, 0.717) is 5.92 Å². The van der Waals surface area contributed by atoms with Gasteiger partial charge in [-0.05, 0) is 24.2 Å². The molecule has 0 amide bonds. The first kappa shape index (κ1) is 8.55. The van der Waals surface area contributed by atoms with Crippen LogP contribution in [0.1, 0.15) is 33.6 Å². The first-order valence-electron chi connectivity index (χ1n) is 4.10. The van der Waals surface area contributed by atoms with E-state index in [9.17, 15) is 0 Å². The number of rotatable bonds is 0. The molecule has 1 fully saturated rings. The van der Waals surface area contributed by atoms with Crippen LogP contribution in [0.15, 0.2) is 0 Å². The molecule has 2 atom stereocenters. The van der Waals surface area contributed by atoms with Gasteiger partial charge in [0.15, 0.2) is 0 Å².